The highest BCUT2D eigenvalue weighted by molar-refractivity contribution is 7.18. The molecule has 2 heterocycles. The zero-order chi connectivity index (χ0) is 21.1. The molecule has 1 aromatic carbocycles. The van der Waals surface area contributed by atoms with Crippen LogP contribution in [0.4, 0.5) is 5.00 Å². The molecule has 29 heavy (non-hydrogen) atoms. The predicted molar refractivity (Wildman–Crippen MR) is 109 cm³/mol. The average Bonchev–Trinajstić information content (AvgIpc) is 3.03. The van der Waals surface area contributed by atoms with Gasteiger partial charge in [0.2, 0.25) is 0 Å². The quantitative estimate of drug-likeness (QED) is 0.647. The number of benzene rings is 1. The molecule has 0 aliphatic rings. The molecule has 148 valence electrons. The van der Waals surface area contributed by atoms with Gasteiger partial charge in [0, 0.05) is 11.9 Å². The molecule has 0 radical (unpaired) electrons. The first-order valence-electron chi connectivity index (χ1n) is 8.94. The van der Waals surface area contributed by atoms with Gasteiger partial charge in [-0.2, -0.15) is 10.4 Å². The molecule has 3 aromatic rings. The van der Waals surface area contributed by atoms with Gasteiger partial charge < -0.3 is 10.1 Å². The van der Waals surface area contributed by atoms with Crippen LogP contribution >= 0.6 is 11.3 Å². The van der Waals surface area contributed by atoms with E-state index in [9.17, 15) is 19.6 Å². The molecule has 0 atom stereocenters. The summed E-state index contributed by atoms with van der Waals surface area (Å²) in [6, 6.07) is 8.73. The highest BCUT2D eigenvalue weighted by Crippen LogP contribution is 2.33. The number of hydrogen-bond donors (Lipinski definition) is 1. The number of amides is 1. The van der Waals surface area contributed by atoms with Crippen LogP contribution in [0.2, 0.25) is 0 Å². The smallest absolute Gasteiger partial charge is 0.348 e. The van der Waals surface area contributed by atoms with Gasteiger partial charge in [-0.05, 0) is 32.4 Å². The molecule has 1 N–H and O–H groups in total. The largest absolute Gasteiger partial charge is 0.462 e. The minimum Gasteiger partial charge on any atom is -0.462 e. The summed E-state index contributed by atoms with van der Waals surface area (Å²) in [5, 5.41) is 17.4. The Morgan fingerprint density at radius 3 is 2.59 bits per heavy atom. The fraction of sp³-hybridized carbons (Fsp3) is 0.250. The average molecular weight is 410 g/mol. The van der Waals surface area contributed by atoms with Crippen LogP contribution in [0.3, 0.4) is 0 Å². The number of aryl methyl sites for hydroxylation is 1. The molecule has 2 aromatic heterocycles. The van der Waals surface area contributed by atoms with Crippen LogP contribution < -0.4 is 10.9 Å². The van der Waals surface area contributed by atoms with E-state index in [2.05, 4.69) is 10.4 Å². The summed E-state index contributed by atoms with van der Waals surface area (Å²) in [5.74, 6) is -1.12. The summed E-state index contributed by atoms with van der Waals surface area (Å²) in [7, 11) is 0. The summed E-state index contributed by atoms with van der Waals surface area (Å²) in [4.78, 5) is 37.8. The first-order chi connectivity index (χ1) is 13.9. The molecule has 0 spiro atoms. The van der Waals surface area contributed by atoms with Crippen molar-refractivity contribution in [1.82, 2.24) is 9.78 Å². The summed E-state index contributed by atoms with van der Waals surface area (Å²) in [6.07, 6.45) is 0. The number of thiophene rings is 1. The van der Waals surface area contributed by atoms with Crippen molar-refractivity contribution in [2.24, 2.45) is 0 Å². The van der Waals surface area contributed by atoms with Crippen LogP contribution in [0, 0.1) is 18.3 Å². The third-order valence-corrected chi connectivity index (χ3v) is 5.52. The number of carbonyl (C=O) groups is 2. The first kappa shape index (κ1) is 20.2. The Balaban J connectivity index is 2.07. The Morgan fingerprint density at radius 1 is 1.28 bits per heavy atom. The van der Waals surface area contributed by atoms with Gasteiger partial charge in [-0.15, -0.1) is 11.3 Å². The Hall–Kier alpha value is -3.51. The van der Waals surface area contributed by atoms with Crippen molar-refractivity contribution >= 4 is 39.0 Å². The van der Waals surface area contributed by atoms with Gasteiger partial charge in [-0.25, -0.2) is 9.48 Å². The van der Waals surface area contributed by atoms with Crippen molar-refractivity contribution in [3.05, 3.63) is 56.3 Å². The number of hydrogen-bond acceptors (Lipinski definition) is 7. The standard InChI is InChI=1S/C20H18N4O4S/c1-4-24-19(26)13-9-7-6-8-12(13)15(23-24)17(25)22-18-14(10-21)11(3)16(29-18)20(27)28-5-2/h6-9H,4-5H2,1-3H3,(H,22,25). The monoisotopic (exact) mass is 410 g/mol. The zero-order valence-corrected chi connectivity index (χ0v) is 16.9. The molecular weight excluding hydrogens is 392 g/mol. The second-order valence-corrected chi connectivity index (χ2v) is 7.08. The molecule has 8 nitrogen and oxygen atoms in total. The SMILES string of the molecule is CCOC(=O)c1sc(NC(=O)c2nn(CC)c(=O)c3ccccc23)c(C#N)c1C. The van der Waals surface area contributed by atoms with Crippen LogP contribution in [-0.4, -0.2) is 28.3 Å². The van der Waals surface area contributed by atoms with E-state index < -0.39 is 11.9 Å². The number of nitriles is 1. The lowest BCUT2D eigenvalue weighted by Crippen LogP contribution is -2.27. The van der Waals surface area contributed by atoms with Crippen molar-refractivity contribution in [1.29, 1.82) is 5.26 Å². The molecule has 0 fully saturated rings. The Bertz CT molecular complexity index is 1220. The van der Waals surface area contributed by atoms with E-state index >= 15 is 0 Å². The fourth-order valence-electron chi connectivity index (χ4n) is 2.91. The number of esters is 1. The number of aromatic nitrogens is 2. The third-order valence-electron chi connectivity index (χ3n) is 4.33. The highest BCUT2D eigenvalue weighted by Gasteiger charge is 2.24. The molecule has 0 saturated heterocycles. The van der Waals surface area contributed by atoms with E-state index in [-0.39, 0.29) is 33.3 Å². The van der Waals surface area contributed by atoms with E-state index in [0.717, 1.165) is 11.3 Å². The van der Waals surface area contributed by atoms with Gasteiger partial charge in [0.15, 0.2) is 5.69 Å². The van der Waals surface area contributed by atoms with E-state index in [1.54, 1.807) is 45.0 Å². The zero-order valence-electron chi connectivity index (χ0n) is 16.1. The molecule has 0 aliphatic heterocycles. The topological polar surface area (TPSA) is 114 Å². The fourth-order valence-corrected chi connectivity index (χ4v) is 3.95. The molecule has 9 heteroatoms. The van der Waals surface area contributed by atoms with Crippen molar-refractivity contribution < 1.29 is 14.3 Å². The molecule has 0 unspecified atom stereocenters. The maximum absolute atomic E-state index is 13.0. The summed E-state index contributed by atoms with van der Waals surface area (Å²) in [5.41, 5.74) is 0.422. The number of ether oxygens (including phenoxy) is 1. The number of anilines is 1. The predicted octanol–water partition coefficient (Wildman–Crippen LogP) is 3.09. The molecule has 3 rings (SSSR count). The van der Waals surface area contributed by atoms with Crippen molar-refractivity contribution in [2.45, 2.75) is 27.3 Å². The van der Waals surface area contributed by atoms with E-state index in [4.69, 9.17) is 4.74 Å². The second kappa shape index (κ2) is 8.24. The molecular formula is C20H18N4O4S. The van der Waals surface area contributed by atoms with Crippen LogP contribution in [0.5, 0.6) is 0 Å². The lowest BCUT2D eigenvalue weighted by molar-refractivity contribution is 0.0531. The van der Waals surface area contributed by atoms with Crippen molar-refractivity contribution in [3.8, 4) is 6.07 Å². The van der Waals surface area contributed by atoms with Crippen LogP contribution in [0.25, 0.3) is 10.8 Å². The van der Waals surface area contributed by atoms with Gasteiger partial charge in [0.1, 0.15) is 15.9 Å². The lowest BCUT2D eigenvalue weighted by atomic mass is 10.1. The summed E-state index contributed by atoms with van der Waals surface area (Å²) in [6.45, 7) is 5.58. The summed E-state index contributed by atoms with van der Waals surface area (Å²) < 4.78 is 6.23. The number of nitrogens with one attached hydrogen (secondary N) is 1. The van der Waals surface area contributed by atoms with E-state index in [1.165, 1.54) is 4.68 Å². The van der Waals surface area contributed by atoms with E-state index in [0.29, 0.717) is 22.9 Å². The number of nitrogens with zero attached hydrogens (tertiary/aromatic N) is 3. The minimum absolute atomic E-state index is 0.0645. The Labute approximate surface area is 170 Å². The van der Waals surface area contributed by atoms with Crippen molar-refractivity contribution in [3.63, 3.8) is 0 Å². The van der Waals surface area contributed by atoms with Gasteiger partial charge in [0.05, 0.1) is 17.6 Å². The van der Waals surface area contributed by atoms with Gasteiger partial charge in [0.25, 0.3) is 11.5 Å². The molecule has 0 aliphatic carbocycles. The van der Waals surface area contributed by atoms with Crippen LogP contribution in [0.15, 0.2) is 29.1 Å². The number of carbonyl (C=O) groups excluding carboxylic acids is 2. The van der Waals surface area contributed by atoms with E-state index in [1.807, 2.05) is 6.07 Å². The number of rotatable bonds is 5. The Morgan fingerprint density at radius 2 is 1.97 bits per heavy atom. The van der Waals surface area contributed by atoms with Gasteiger partial charge >= 0.3 is 5.97 Å². The second-order valence-electron chi connectivity index (χ2n) is 6.06. The molecule has 0 bridgehead atoms. The maximum Gasteiger partial charge on any atom is 0.348 e. The van der Waals surface area contributed by atoms with Crippen LogP contribution in [0.1, 0.15) is 45.1 Å². The number of fused-ring (bicyclic) bond motifs is 1. The Kier molecular flexibility index (Phi) is 5.75. The van der Waals surface area contributed by atoms with Crippen molar-refractivity contribution in [2.75, 3.05) is 11.9 Å². The van der Waals surface area contributed by atoms with Gasteiger partial charge in [-0.3, -0.25) is 9.59 Å². The molecule has 1 amide bonds. The lowest BCUT2D eigenvalue weighted by Gasteiger charge is -2.09. The normalized spacial score (nSPS) is 10.6. The maximum atomic E-state index is 13.0. The minimum atomic E-state index is -0.573. The highest BCUT2D eigenvalue weighted by atomic mass is 32.1. The molecule has 0 saturated carbocycles. The summed E-state index contributed by atoms with van der Waals surface area (Å²) >= 11 is 0.975. The first-order valence-corrected chi connectivity index (χ1v) is 9.76. The third kappa shape index (κ3) is 3.62. The van der Waals surface area contributed by atoms with Gasteiger partial charge in [-0.1, -0.05) is 18.2 Å². The van der Waals surface area contributed by atoms with Crippen LogP contribution in [-0.2, 0) is 11.3 Å².